The Morgan fingerprint density at radius 2 is 1.96 bits per heavy atom. The van der Waals surface area contributed by atoms with Crippen LogP contribution in [0.25, 0.3) is 0 Å². The van der Waals surface area contributed by atoms with Crippen LogP contribution in [0.2, 0.25) is 0 Å². The number of hydrogen-bond acceptors (Lipinski definition) is 4. The Morgan fingerprint density at radius 1 is 1.09 bits per heavy atom. The van der Waals surface area contributed by atoms with Gasteiger partial charge in [-0.15, -0.1) is 11.3 Å². The molecule has 4 nitrogen and oxygen atoms in total. The van der Waals surface area contributed by atoms with Crippen LogP contribution in [0, 0.1) is 0 Å². The van der Waals surface area contributed by atoms with Crippen molar-refractivity contribution in [3.05, 3.63) is 22.4 Å². The van der Waals surface area contributed by atoms with E-state index in [0.29, 0.717) is 18.0 Å². The zero-order valence-corrected chi connectivity index (χ0v) is 14.6. The number of carbonyl (C=O) groups is 1. The van der Waals surface area contributed by atoms with Gasteiger partial charge < -0.3 is 9.80 Å². The average molecular weight is 334 g/mol. The minimum absolute atomic E-state index is 0.392. The minimum Gasteiger partial charge on any atom is -0.337 e. The fourth-order valence-electron chi connectivity index (χ4n) is 4.58. The van der Waals surface area contributed by atoms with E-state index in [4.69, 9.17) is 0 Å². The Kier molecular flexibility index (Phi) is 4.69. The summed E-state index contributed by atoms with van der Waals surface area (Å²) in [6, 6.07) is 5.41. The summed E-state index contributed by atoms with van der Waals surface area (Å²) < 4.78 is 0. The summed E-state index contributed by atoms with van der Waals surface area (Å²) in [6.45, 7) is 6.65. The fourth-order valence-corrected chi connectivity index (χ4v) is 5.31. The number of nitrogens with zero attached hydrogens (tertiary/aromatic N) is 3. The highest BCUT2D eigenvalue weighted by atomic mass is 32.1. The van der Waals surface area contributed by atoms with Crippen molar-refractivity contribution in [2.45, 2.75) is 50.7 Å². The first-order valence-electron chi connectivity index (χ1n) is 9.09. The van der Waals surface area contributed by atoms with E-state index in [0.717, 1.165) is 45.4 Å². The van der Waals surface area contributed by atoms with Crippen LogP contribution in [0.15, 0.2) is 17.5 Å². The fraction of sp³-hybridized carbons (Fsp3) is 0.722. The van der Waals surface area contributed by atoms with Crippen molar-refractivity contribution in [2.24, 2.45) is 0 Å². The predicted molar refractivity (Wildman–Crippen MR) is 93.5 cm³/mol. The molecule has 0 radical (unpaired) electrons. The number of likely N-dealkylation sites (tertiary alicyclic amines) is 3. The van der Waals surface area contributed by atoms with Gasteiger partial charge >= 0.3 is 0 Å². The largest absolute Gasteiger partial charge is 0.337 e. The summed E-state index contributed by atoms with van der Waals surface area (Å²) >= 11 is 1.85. The first-order chi connectivity index (χ1) is 11.3. The third-order valence-electron chi connectivity index (χ3n) is 5.79. The molecule has 1 aromatic rings. The van der Waals surface area contributed by atoms with Gasteiger partial charge in [0.05, 0.1) is 0 Å². The van der Waals surface area contributed by atoms with Gasteiger partial charge in [-0.25, -0.2) is 0 Å². The van der Waals surface area contributed by atoms with Crippen molar-refractivity contribution in [2.75, 3.05) is 32.7 Å². The molecule has 23 heavy (non-hydrogen) atoms. The van der Waals surface area contributed by atoms with Gasteiger partial charge in [0.2, 0.25) is 5.91 Å². The van der Waals surface area contributed by atoms with Crippen molar-refractivity contribution in [3.63, 3.8) is 0 Å². The summed E-state index contributed by atoms with van der Waals surface area (Å²) in [4.78, 5) is 21.3. The van der Waals surface area contributed by atoms with E-state index in [-0.39, 0.29) is 0 Å². The first-order valence-corrected chi connectivity index (χ1v) is 9.97. The molecule has 1 aromatic heterocycles. The van der Waals surface area contributed by atoms with Crippen molar-refractivity contribution < 1.29 is 4.79 Å². The molecule has 0 bridgehead atoms. The number of fused-ring (bicyclic) bond motifs is 1. The molecule has 0 N–H and O–H groups in total. The molecule has 5 heteroatoms. The number of piperidine rings is 1. The topological polar surface area (TPSA) is 26.8 Å². The molecule has 0 saturated carbocycles. The van der Waals surface area contributed by atoms with Crippen LogP contribution in [0.5, 0.6) is 0 Å². The van der Waals surface area contributed by atoms with E-state index in [1.54, 1.807) is 0 Å². The van der Waals surface area contributed by atoms with Crippen molar-refractivity contribution in [3.8, 4) is 0 Å². The van der Waals surface area contributed by atoms with Gasteiger partial charge in [0, 0.05) is 49.6 Å². The first kappa shape index (κ1) is 15.6. The quantitative estimate of drug-likeness (QED) is 0.828. The lowest BCUT2D eigenvalue weighted by molar-refractivity contribution is -0.137. The predicted octanol–water partition coefficient (Wildman–Crippen LogP) is 2.41. The van der Waals surface area contributed by atoms with Gasteiger partial charge in [-0.1, -0.05) is 6.07 Å². The number of rotatable bonds is 5. The number of thiophene rings is 1. The van der Waals surface area contributed by atoms with E-state index < -0.39 is 0 Å². The smallest absolute Gasteiger partial charge is 0.222 e. The molecule has 3 aliphatic heterocycles. The maximum Gasteiger partial charge on any atom is 0.222 e. The molecule has 0 spiro atoms. The highest BCUT2D eigenvalue weighted by molar-refractivity contribution is 7.09. The van der Waals surface area contributed by atoms with E-state index in [1.807, 2.05) is 11.3 Å². The monoisotopic (exact) mass is 333 g/mol. The van der Waals surface area contributed by atoms with Gasteiger partial charge in [-0.2, -0.15) is 0 Å². The molecule has 3 saturated heterocycles. The van der Waals surface area contributed by atoms with Gasteiger partial charge in [-0.05, 0) is 50.2 Å². The second-order valence-corrected chi connectivity index (χ2v) is 8.18. The van der Waals surface area contributed by atoms with Crippen LogP contribution < -0.4 is 0 Å². The van der Waals surface area contributed by atoms with Crippen molar-refractivity contribution in [1.29, 1.82) is 0 Å². The Morgan fingerprint density at radius 3 is 2.74 bits per heavy atom. The zero-order valence-electron chi connectivity index (χ0n) is 13.8. The molecule has 0 unspecified atom stereocenters. The molecule has 3 aliphatic rings. The highest BCUT2D eigenvalue weighted by Crippen LogP contribution is 2.33. The molecular weight excluding hydrogens is 306 g/mol. The van der Waals surface area contributed by atoms with E-state index in [2.05, 4.69) is 32.2 Å². The van der Waals surface area contributed by atoms with Gasteiger partial charge in [-0.3, -0.25) is 9.69 Å². The second-order valence-electron chi connectivity index (χ2n) is 7.15. The van der Waals surface area contributed by atoms with Crippen LogP contribution in [0.1, 0.15) is 37.0 Å². The number of amides is 1. The maximum atomic E-state index is 12.5. The lowest BCUT2D eigenvalue weighted by Crippen LogP contribution is -2.53. The standard InChI is InChI=1S/C18H27N3OS/c22-18-6-5-16-17(21(18)12-11-19-8-1-2-9-19)7-10-20(16)14-15-4-3-13-23-15/h3-4,13,16-17H,1-2,5-12,14H2/t16-,17-/m0/s1. The molecule has 1 amide bonds. The van der Waals surface area contributed by atoms with Crippen LogP contribution in [0.3, 0.4) is 0 Å². The maximum absolute atomic E-state index is 12.5. The normalized spacial score (nSPS) is 29.4. The lowest BCUT2D eigenvalue weighted by atomic mass is 9.96. The Balaban J connectivity index is 1.38. The molecule has 4 heterocycles. The molecule has 4 rings (SSSR count). The Labute approximate surface area is 143 Å². The average Bonchev–Trinajstić information content (AvgIpc) is 3.29. The summed E-state index contributed by atoms with van der Waals surface area (Å²) in [7, 11) is 0. The molecule has 0 aliphatic carbocycles. The van der Waals surface area contributed by atoms with Crippen LogP contribution >= 0.6 is 11.3 Å². The lowest BCUT2D eigenvalue weighted by Gasteiger charge is -2.40. The molecule has 2 atom stereocenters. The number of hydrogen-bond donors (Lipinski definition) is 0. The Hall–Kier alpha value is -0.910. The third-order valence-corrected chi connectivity index (χ3v) is 6.66. The van der Waals surface area contributed by atoms with Gasteiger partial charge in [0.25, 0.3) is 0 Å². The third kappa shape index (κ3) is 3.32. The zero-order chi connectivity index (χ0) is 15.6. The minimum atomic E-state index is 0.392. The van der Waals surface area contributed by atoms with E-state index >= 15 is 0 Å². The summed E-state index contributed by atoms with van der Waals surface area (Å²) in [5.74, 6) is 0.392. The van der Waals surface area contributed by atoms with Gasteiger partial charge in [0.1, 0.15) is 0 Å². The molecular formula is C18H27N3OS. The molecule has 0 aromatic carbocycles. The van der Waals surface area contributed by atoms with E-state index in [9.17, 15) is 4.79 Å². The van der Waals surface area contributed by atoms with Crippen molar-refractivity contribution >= 4 is 17.2 Å². The molecule has 3 fully saturated rings. The second kappa shape index (κ2) is 6.91. The van der Waals surface area contributed by atoms with E-state index in [1.165, 1.54) is 30.8 Å². The number of carbonyl (C=O) groups excluding carboxylic acids is 1. The van der Waals surface area contributed by atoms with Crippen LogP contribution in [-0.4, -0.2) is 65.4 Å². The summed E-state index contributed by atoms with van der Waals surface area (Å²) in [5, 5.41) is 2.16. The summed E-state index contributed by atoms with van der Waals surface area (Å²) in [5.41, 5.74) is 0. The molecule has 126 valence electrons. The van der Waals surface area contributed by atoms with Crippen LogP contribution in [-0.2, 0) is 11.3 Å². The van der Waals surface area contributed by atoms with Gasteiger partial charge in [0.15, 0.2) is 0 Å². The Bertz CT molecular complexity index is 526. The highest BCUT2D eigenvalue weighted by Gasteiger charge is 2.42. The SMILES string of the molecule is O=C1CC[C@H]2[C@H](CCN2Cc2cccs2)N1CCN1CCCC1. The summed E-state index contributed by atoms with van der Waals surface area (Å²) in [6.07, 6.45) is 5.60. The van der Waals surface area contributed by atoms with Crippen LogP contribution in [0.4, 0.5) is 0 Å². The van der Waals surface area contributed by atoms with Crippen molar-refractivity contribution in [1.82, 2.24) is 14.7 Å².